The molecule has 0 aliphatic heterocycles. The lowest BCUT2D eigenvalue weighted by Gasteiger charge is -2.28. The molecule has 5 heteroatoms. The topological polar surface area (TPSA) is 56.0 Å². The van der Waals surface area contributed by atoms with Crippen LogP contribution in [0.2, 0.25) is 0 Å². The summed E-state index contributed by atoms with van der Waals surface area (Å²) in [5.74, 6) is 1.23. The van der Waals surface area contributed by atoms with Crippen molar-refractivity contribution in [3.05, 3.63) is 53.4 Å². The summed E-state index contributed by atoms with van der Waals surface area (Å²) in [6.45, 7) is 22.1. The van der Waals surface area contributed by atoms with Crippen molar-refractivity contribution in [2.75, 3.05) is 0 Å². The number of aromatic nitrogens is 5. The van der Waals surface area contributed by atoms with Crippen LogP contribution in [0.1, 0.15) is 110 Å². The van der Waals surface area contributed by atoms with Crippen molar-refractivity contribution in [1.82, 2.24) is 24.3 Å². The second kappa shape index (κ2) is 7.99. The Hall–Kier alpha value is -2.30. The fraction of sp³-hybridized carbons (Fsp3) is 0.615. The zero-order valence-electron chi connectivity index (χ0n) is 21.0. The molecule has 0 bridgehead atoms. The van der Waals surface area contributed by atoms with Gasteiger partial charge in [0.25, 0.3) is 0 Å². The molecule has 1 unspecified atom stereocenters. The van der Waals surface area contributed by atoms with E-state index in [4.69, 9.17) is 4.98 Å². The predicted molar refractivity (Wildman–Crippen MR) is 128 cm³/mol. The molecule has 0 radical (unpaired) electrons. The van der Waals surface area contributed by atoms with Crippen LogP contribution in [0, 0.1) is 6.92 Å². The van der Waals surface area contributed by atoms with E-state index in [2.05, 4.69) is 88.6 Å². The molecular weight excluding hydrogens is 382 g/mol. The van der Waals surface area contributed by atoms with Crippen LogP contribution in [0.3, 0.4) is 0 Å². The van der Waals surface area contributed by atoms with Crippen molar-refractivity contribution in [3.63, 3.8) is 0 Å². The number of nitrogens with zero attached hydrogens (tertiary/aromatic N) is 5. The highest BCUT2D eigenvalue weighted by atomic mass is 15.0. The summed E-state index contributed by atoms with van der Waals surface area (Å²) in [5.41, 5.74) is 5.75. The van der Waals surface area contributed by atoms with Gasteiger partial charge in [0.15, 0.2) is 0 Å². The molecule has 31 heavy (non-hydrogen) atoms. The van der Waals surface area contributed by atoms with E-state index in [1.165, 1.54) is 11.3 Å². The molecule has 0 N–H and O–H groups in total. The first-order valence-corrected chi connectivity index (χ1v) is 11.4. The van der Waals surface area contributed by atoms with Crippen molar-refractivity contribution >= 4 is 5.52 Å². The van der Waals surface area contributed by atoms with Gasteiger partial charge in [0.2, 0.25) is 0 Å². The van der Waals surface area contributed by atoms with E-state index in [1.54, 1.807) is 0 Å². The molecule has 0 fully saturated rings. The summed E-state index contributed by atoms with van der Waals surface area (Å²) in [4.78, 5) is 18.8. The van der Waals surface area contributed by atoms with E-state index < -0.39 is 0 Å². The van der Waals surface area contributed by atoms with Crippen LogP contribution in [0.15, 0.2) is 24.9 Å². The highest BCUT2D eigenvalue weighted by Crippen LogP contribution is 2.35. The monoisotopic (exact) mass is 421 g/mol. The van der Waals surface area contributed by atoms with Crippen molar-refractivity contribution < 1.29 is 0 Å². The number of hydrogen-bond donors (Lipinski definition) is 0. The fourth-order valence-corrected chi connectivity index (χ4v) is 4.32. The van der Waals surface area contributed by atoms with Crippen LogP contribution in [-0.2, 0) is 16.2 Å². The molecule has 0 aromatic carbocycles. The number of rotatable bonds is 5. The van der Waals surface area contributed by atoms with E-state index >= 15 is 0 Å². The molecule has 0 spiro atoms. The largest absolute Gasteiger partial charge is 0.299 e. The average molecular weight is 422 g/mol. The van der Waals surface area contributed by atoms with Crippen LogP contribution in [0.25, 0.3) is 5.52 Å². The SMILES string of the molecule is Cc1nc(C(C)CCC(C)(C)c2cnc(C(C)(C)C)nc2)c2cncn2c1C(C)(C)C. The van der Waals surface area contributed by atoms with Crippen LogP contribution in [0.4, 0.5) is 0 Å². The van der Waals surface area contributed by atoms with Gasteiger partial charge >= 0.3 is 0 Å². The van der Waals surface area contributed by atoms with Gasteiger partial charge in [0.05, 0.1) is 35.1 Å². The molecule has 3 aromatic heterocycles. The minimum absolute atomic E-state index is 0.00159. The van der Waals surface area contributed by atoms with Crippen LogP contribution >= 0.6 is 0 Å². The minimum Gasteiger partial charge on any atom is -0.299 e. The first kappa shape index (κ1) is 23.4. The number of imidazole rings is 1. The molecule has 0 saturated heterocycles. The number of aryl methyl sites for hydroxylation is 1. The van der Waals surface area contributed by atoms with Crippen molar-refractivity contribution in [3.8, 4) is 0 Å². The molecule has 1 atom stereocenters. The molecule has 3 rings (SSSR count). The quantitative estimate of drug-likeness (QED) is 0.486. The molecule has 0 aliphatic rings. The van der Waals surface area contributed by atoms with Crippen molar-refractivity contribution in [1.29, 1.82) is 0 Å². The lowest BCUT2D eigenvalue weighted by molar-refractivity contribution is 0.431. The number of hydrogen-bond acceptors (Lipinski definition) is 4. The molecule has 0 amide bonds. The van der Waals surface area contributed by atoms with Crippen LogP contribution in [0.5, 0.6) is 0 Å². The third-order valence-electron chi connectivity index (χ3n) is 6.26. The highest BCUT2D eigenvalue weighted by Gasteiger charge is 2.27. The second-order valence-electron chi connectivity index (χ2n) is 11.7. The van der Waals surface area contributed by atoms with Gasteiger partial charge in [-0.25, -0.2) is 15.0 Å². The Kier molecular flexibility index (Phi) is 6.03. The Bertz CT molecular complexity index is 1050. The average Bonchev–Trinajstić information content (AvgIpc) is 3.12. The Morgan fingerprint density at radius 2 is 1.52 bits per heavy atom. The van der Waals surface area contributed by atoms with E-state index in [1.807, 2.05) is 24.9 Å². The molecule has 168 valence electrons. The molecular formula is C26H39N5. The first-order chi connectivity index (χ1) is 14.2. The third kappa shape index (κ3) is 4.81. The highest BCUT2D eigenvalue weighted by molar-refractivity contribution is 5.54. The zero-order chi connectivity index (χ0) is 23.2. The second-order valence-corrected chi connectivity index (χ2v) is 11.7. The lowest BCUT2D eigenvalue weighted by Crippen LogP contribution is -2.22. The van der Waals surface area contributed by atoms with Crippen LogP contribution < -0.4 is 0 Å². The van der Waals surface area contributed by atoms with Crippen LogP contribution in [-0.4, -0.2) is 24.3 Å². The van der Waals surface area contributed by atoms with Gasteiger partial charge in [0.1, 0.15) is 5.82 Å². The van der Waals surface area contributed by atoms with Gasteiger partial charge in [-0.2, -0.15) is 0 Å². The smallest absolute Gasteiger partial charge is 0.133 e. The van der Waals surface area contributed by atoms with E-state index in [0.29, 0.717) is 5.92 Å². The fourth-order valence-electron chi connectivity index (χ4n) is 4.32. The van der Waals surface area contributed by atoms with Gasteiger partial charge in [-0.15, -0.1) is 0 Å². The Labute approximate surface area is 187 Å². The molecule has 5 nitrogen and oxygen atoms in total. The van der Waals surface area contributed by atoms with Gasteiger partial charge in [-0.1, -0.05) is 62.3 Å². The Balaban J connectivity index is 1.83. The predicted octanol–water partition coefficient (Wildman–Crippen LogP) is 6.28. The standard InChI is InChI=1S/C26H39N5/c1-17(11-12-26(9,10)19-13-28-23(29-14-19)25(6,7)8)21-20-15-27-16-31(20)22(18(2)30-21)24(3,4)5/h13-17H,11-12H2,1-10H3. The van der Waals surface area contributed by atoms with E-state index in [-0.39, 0.29) is 16.2 Å². The molecule has 3 heterocycles. The Morgan fingerprint density at radius 3 is 2.06 bits per heavy atom. The van der Waals surface area contributed by atoms with Crippen molar-refractivity contribution in [2.24, 2.45) is 0 Å². The van der Waals surface area contributed by atoms with E-state index in [9.17, 15) is 0 Å². The molecule has 0 saturated carbocycles. The summed E-state index contributed by atoms with van der Waals surface area (Å²) in [5, 5.41) is 0. The summed E-state index contributed by atoms with van der Waals surface area (Å²) in [6, 6.07) is 0. The van der Waals surface area contributed by atoms with E-state index in [0.717, 1.165) is 35.6 Å². The Morgan fingerprint density at radius 1 is 0.903 bits per heavy atom. The maximum Gasteiger partial charge on any atom is 0.133 e. The minimum atomic E-state index is -0.0312. The maximum atomic E-state index is 5.07. The normalized spacial score (nSPS) is 14.3. The zero-order valence-corrected chi connectivity index (χ0v) is 21.0. The van der Waals surface area contributed by atoms with Gasteiger partial charge < -0.3 is 0 Å². The summed E-state index contributed by atoms with van der Waals surface area (Å²) >= 11 is 0. The summed E-state index contributed by atoms with van der Waals surface area (Å²) in [6.07, 6.45) is 9.98. The number of fused-ring (bicyclic) bond motifs is 1. The third-order valence-corrected chi connectivity index (χ3v) is 6.26. The summed E-state index contributed by atoms with van der Waals surface area (Å²) in [7, 11) is 0. The van der Waals surface area contributed by atoms with Crippen molar-refractivity contribution in [2.45, 2.75) is 104 Å². The van der Waals surface area contributed by atoms with Gasteiger partial charge in [-0.05, 0) is 30.7 Å². The van der Waals surface area contributed by atoms with Gasteiger partial charge in [-0.3, -0.25) is 9.38 Å². The maximum absolute atomic E-state index is 5.07. The van der Waals surface area contributed by atoms with Gasteiger partial charge in [0, 0.05) is 29.1 Å². The molecule has 0 aliphatic carbocycles. The lowest BCUT2D eigenvalue weighted by atomic mass is 9.79. The first-order valence-electron chi connectivity index (χ1n) is 11.4. The molecule has 3 aromatic rings. The summed E-state index contributed by atoms with van der Waals surface area (Å²) < 4.78 is 2.23.